The van der Waals surface area contributed by atoms with Gasteiger partial charge in [-0.25, -0.2) is 0 Å². The second kappa shape index (κ2) is 5.10. The van der Waals surface area contributed by atoms with Crippen LogP contribution in [0.3, 0.4) is 0 Å². The fourth-order valence-electron chi connectivity index (χ4n) is 4.47. The summed E-state index contributed by atoms with van der Waals surface area (Å²) in [6.07, 6.45) is 7.92. The number of nitrogens with zero attached hydrogens (tertiary/aromatic N) is 1. The van der Waals surface area contributed by atoms with Crippen molar-refractivity contribution in [2.24, 2.45) is 23.0 Å². The maximum Gasteiger partial charge on any atom is 0.0550 e. The molecule has 0 amide bonds. The fraction of sp³-hybridized carbons (Fsp3) is 1.00. The molecule has 0 spiro atoms. The van der Waals surface area contributed by atoms with Crippen LogP contribution in [0.1, 0.15) is 38.5 Å². The van der Waals surface area contributed by atoms with E-state index >= 15 is 0 Å². The minimum absolute atomic E-state index is 0.466. The summed E-state index contributed by atoms with van der Waals surface area (Å²) in [6, 6.07) is 0.466. The van der Waals surface area contributed by atoms with Crippen LogP contribution in [0.5, 0.6) is 0 Å². The lowest BCUT2D eigenvalue weighted by atomic mass is 9.59. The lowest BCUT2D eigenvalue weighted by Gasteiger charge is -2.55. The van der Waals surface area contributed by atoms with E-state index < -0.39 is 0 Å². The molecule has 1 atom stereocenters. The smallest absolute Gasteiger partial charge is 0.0550 e. The number of piperidine rings is 1. The second-order valence-electron chi connectivity index (χ2n) is 6.94. The second-order valence-corrected chi connectivity index (χ2v) is 6.94. The molecule has 0 aromatic heterocycles. The molecule has 2 saturated heterocycles. The molecule has 18 heavy (non-hydrogen) atoms. The van der Waals surface area contributed by atoms with Crippen LogP contribution >= 0.6 is 0 Å². The van der Waals surface area contributed by atoms with E-state index in [1.807, 2.05) is 0 Å². The molecule has 104 valence electrons. The van der Waals surface area contributed by atoms with E-state index in [0.717, 1.165) is 25.0 Å². The van der Waals surface area contributed by atoms with E-state index in [9.17, 15) is 0 Å². The molecule has 0 radical (unpaired) electrons. The standard InChI is InChI=1S/C15H28N2O/c1-17-8-2-3-13(9-17)15(10-18-11-15)12-4-6-14(16)7-5-12/h12-14H,2-11,16H2,1H3. The third kappa shape index (κ3) is 2.21. The van der Waals surface area contributed by atoms with Crippen molar-refractivity contribution in [3.63, 3.8) is 0 Å². The molecule has 1 unspecified atom stereocenters. The van der Waals surface area contributed by atoms with Gasteiger partial charge in [0.25, 0.3) is 0 Å². The van der Waals surface area contributed by atoms with Crippen LogP contribution in [0.25, 0.3) is 0 Å². The van der Waals surface area contributed by atoms with Crippen molar-refractivity contribution in [3.8, 4) is 0 Å². The molecule has 3 aliphatic rings. The van der Waals surface area contributed by atoms with E-state index in [-0.39, 0.29) is 0 Å². The molecule has 1 saturated carbocycles. The third-order valence-electron chi connectivity index (χ3n) is 5.76. The van der Waals surface area contributed by atoms with Gasteiger partial charge in [0, 0.05) is 18.0 Å². The van der Waals surface area contributed by atoms with Crippen molar-refractivity contribution in [1.29, 1.82) is 0 Å². The Balaban J connectivity index is 1.69. The van der Waals surface area contributed by atoms with Gasteiger partial charge in [-0.05, 0) is 64.0 Å². The lowest BCUT2D eigenvalue weighted by molar-refractivity contribution is -0.193. The first-order valence-corrected chi connectivity index (χ1v) is 7.72. The molecule has 3 rings (SSSR count). The van der Waals surface area contributed by atoms with Crippen LogP contribution in [0.2, 0.25) is 0 Å². The number of hydrogen-bond donors (Lipinski definition) is 1. The maximum atomic E-state index is 6.06. The predicted molar refractivity (Wildman–Crippen MR) is 73.4 cm³/mol. The first-order valence-electron chi connectivity index (χ1n) is 7.72. The summed E-state index contributed by atoms with van der Waals surface area (Å²) in [5.41, 5.74) is 6.57. The van der Waals surface area contributed by atoms with Crippen LogP contribution in [0, 0.1) is 17.3 Å². The molecular formula is C15H28N2O. The van der Waals surface area contributed by atoms with Gasteiger partial charge < -0.3 is 15.4 Å². The highest BCUT2D eigenvalue weighted by Crippen LogP contribution is 2.50. The first kappa shape index (κ1) is 12.9. The van der Waals surface area contributed by atoms with E-state index in [2.05, 4.69) is 11.9 Å². The van der Waals surface area contributed by atoms with Crippen molar-refractivity contribution < 1.29 is 4.74 Å². The van der Waals surface area contributed by atoms with Gasteiger partial charge in [0.2, 0.25) is 0 Å². The Kier molecular flexibility index (Phi) is 3.65. The van der Waals surface area contributed by atoms with E-state index in [1.165, 1.54) is 51.6 Å². The highest BCUT2D eigenvalue weighted by atomic mass is 16.5. The van der Waals surface area contributed by atoms with Crippen molar-refractivity contribution in [1.82, 2.24) is 4.90 Å². The summed E-state index contributed by atoms with van der Waals surface area (Å²) in [7, 11) is 2.27. The molecule has 1 aliphatic carbocycles. The first-order chi connectivity index (χ1) is 8.71. The summed E-state index contributed by atoms with van der Waals surface area (Å²) in [6.45, 7) is 4.60. The van der Waals surface area contributed by atoms with Crippen LogP contribution in [0.15, 0.2) is 0 Å². The number of nitrogens with two attached hydrogens (primary N) is 1. The summed E-state index contributed by atoms with van der Waals surface area (Å²) in [4.78, 5) is 2.52. The topological polar surface area (TPSA) is 38.5 Å². The third-order valence-corrected chi connectivity index (χ3v) is 5.76. The Morgan fingerprint density at radius 2 is 1.78 bits per heavy atom. The van der Waals surface area contributed by atoms with Gasteiger partial charge in [-0.2, -0.15) is 0 Å². The molecule has 2 N–H and O–H groups in total. The molecule has 3 heteroatoms. The molecule has 3 nitrogen and oxygen atoms in total. The largest absolute Gasteiger partial charge is 0.380 e. The number of rotatable bonds is 2. The maximum absolute atomic E-state index is 6.06. The van der Waals surface area contributed by atoms with Crippen LogP contribution in [-0.2, 0) is 4.74 Å². The Hall–Kier alpha value is -0.120. The fourth-order valence-corrected chi connectivity index (χ4v) is 4.47. The Bertz CT molecular complexity index is 282. The molecule has 3 fully saturated rings. The van der Waals surface area contributed by atoms with Gasteiger partial charge in [-0.15, -0.1) is 0 Å². The van der Waals surface area contributed by atoms with Crippen LogP contribution in [0.4, 0.5) is 0 Å². The quantitative estimate of drug-likeness (QED) is 0.815. The Morgan fingerprint density at radius 3 is 2.33 bits per heavy atom. The number of likely N-dealkylation sites (tertiary alicyclic amines) is 1. The van der Waals surface area contributed by atoms with E-state index in [4.69, 9.17) is 10.5 Å². The van der Waals surface area contributed by atoms with Crippen molar-refractivity contribution in [3.05, 3.63) is 0 Å². The van der Waals surface area contributed by atoms with Crippen molar-refractivity contribution in [2.45, 2.75) is 44.6 Å². The summed E-state index contributed by atoms with van der Waals surface area (Å²) in [5, 5.41) is 0. The van der Waals surface area contributed by atoms with Gasteiger partial charge in [-0.3, -0.25) is 0 Å². The Morgan fingerprint density at radius 1 is 1.06 bits per heavy atom. The molecule has 0 aromatic rings. The Labute approximate surface area is 111 Å². The zero-order valence-corrected chi connectivity index (χ0v) is 11.7. The molecule has 2 heterocycles. The van der Waals surface area contributed by atoms with Gasteiger partial charge >= 0.3 is 0 Å². The van der Waals surface area contributed by atoms with Crippen molar-refractivity contribution >= 4 is 0 Å². The summed E-state index contributed by atoms with van der Waals surface area (Å²) >= 11 is 0. The lowest BCUT2D eigenvalue weighted by Crippen LogP contribution is -2.58. The van der Waals surface area contributed by atoms with Crippen LogP contribution in [-0.4, -0.2) is 44.3 Å². The van der Waals surface area contributed by atoms with Gasteiger partial charge in [-0.1, -0.05) is 0 Å². The van der Waals surface area contributed by atoms with E-state index in [0.29, 0.717) is 11.5 Å². The van der Waals surface area contributed by atoms with E-state index in [1.54, 1.807) is 0 Å². The minimum Gasteiger partial charge on any atom is -0.380 e. The molecular weight excluding hydrogens is 224 g/mol. The van der Waals surface area contributed by atoms with Crippen molar-refractivity contribution in [2.75, 3.05) is 33.4 Å². The average molecular weight is 252 g/mol. The normalized spacial score (nSPS) is 41.3. The summed E-state index contributed by atoms with van der Waals surface area (Å²) < 4.78 is 5.66. The predicted octanol–water partition coefficient (Wildman–Crippen LogP) is 1.86. The highest BCUT2D eigenvalue weighted by Gasteiger charge is 2.51. The number of hydrogen-bond acceptors (Lipinski definition) is 3. The zero-order valence-electron chi connectivity index (χ0n) is 11.7. The van der Waals surface area contributed by atoms with Crippen LogP contribution < -0.4 is 5.73 Å². The highest BCUT2D eigenvalue weighted by molar-refractivity contribution is 5.00. The van der Waals surface area contributed by atoms with Gasteiger partial charge in [0.15, 0.2) is 0 Å². The monoisotopic (exact) mass is 252 g/mol. The zero-order chi connectivity index (χ0) is 12.6. The molecule has 2 aliphatic heterocycles. The molecule has 0 bridgehead atoms. The van der Waals surface area contributed by atoms with Gasteiger partial charge in [0.05, 0.1) is 13.2 Å². The SMILES string of the molecule is CN1CCCC(C2(C3CCC(N)CC3)COC2)C1. The minimum atomic E-state index is 0.466. The van der Waals surface area contributed by atoms with Gasteiger partial charge in [0.1, 0.15) is 0 Å². The summed E-state index contributed by atoms with van der Waals surface area (Å²) in [5.74, 6) is 1.74. The average Bonchev–Trinajstić information content (AvgIpc) is 2.30. The molecule has 0 aromatic carbocycles. The number of ether oxygens (including phenoxy) is 1.